The molecule has 0 radical (unpaired) electrons. The number of halogens is 1. The smallest absolute Gasteiger partial charge is 0.261 e. The number of carbonyl (C=O) groups excluding carboxylic acids is 2. The number of ketones is 1. The Labute approximate surface area is 171 Å². The molecule has 0 fully saturated rings. The molecular formula is C23H15ClN2O3. The van der Waals surface area contributed by atoms with E-state index in [0.29, 0.717) is 21.5 Å². The highest BCUT2D eigenvalue weighted by Crippen LogP contribution is 2.24. The van der Waals surface area contributed by atoms with Gasteiger partial charge in [0.05, 0.1) is 5.69 Å². The van der Waals surface area contributed by atoms with E-state index in [4.69, 9.17) is 11.6 Å². The van der Waals surface area contributed by atoms with Gasteiger partial charge in [-0.25, -0.2) is 0 Å². The molecular weight excluding hydrogens is 388 g/mol. The number of carbonyl (C=O) groups is 2. The van der Waals surface area contributed by atoms with E-state index in [1.54, 1.807) is 60.7 Å². The molecule has 0 aliphatic rings. The van der Waals surface area contributed by atoms with Crippen LogP contribution in [0, 0.1) is 0 Å². The molecule has 1 aromatic heterocycles. The molecule has 0 bridgehead atoms. The van der Waals surface area contributed by atoms with E-state index in [1.165, 1.54) is 12.3 Å². The van der Waals surface area contributed by atoms with Crippen LogP contribution in [0.5, 0.6) is 0 Å². The highest BCUT2D eigenvalue weighted by atomic mass is 35.5. The first-order valence-electron chi connectivity index (χ1n) is 8.85. The third-order valence-electron chi connectivity index (χ3n) is 4.54. The van der Waals surface area contributed by atoms with Crippen LogP contribution in [-0.4, -0.2) is 16.7 Å². The third-order valence-corrected chi connectivity index (χ3v) is 4.78. The zero-order chi connectivity index (χ0) is 20.4. The summed E-state index contributed by atoms with van der Waals surface area (Å²) in [7, 11) is 0. The summed E-state index contributed by atoms with van der Waals surface area (Å²) < 4.78 is 0. The van der Waals surface area contributed by atoms with Gasteiger partial charge < -0.3 is 10.3 Å². The number of rotatable bonds is 4. The molecule has 142 valence electrons. The highest BCUT2D eigenvalue weighted by Gasteiger charge is 2.18. The van der Waals surface area contributed by atoms with Crippen molar-refractivity contribution in [3.8, 4) is 0 Å². The molecule has 0 atom stereocenters. The van der Waals surface area contributed by atoms with E-state index in [-0.39, 0.29) is 28.0 Å². The molecule has 0 unspecified atom stereocenters. The molecule has 4 aromatic rings. The first-order valence-corrected chi connectivity index (χ1v) is 9.23. The second kappa shape index (κ2) is 7.73. The second-order valence-corrected chi connectivity index (χ2v) is 6.85. The van der Waals surface area contributed by atoms with E-state index in [0.717, 1.165) is 0 Å². The van der Waals surface area contributed by atoms with Crippen LogP contribution in [0.15, 0.2) is 83.8 Å². The van der Waals surface area contributed by atoms with Crippen LogP contribution in [0.2, 0.25) is 5.02 Å². The first-order chi connectivity index (χ1) is 14.0. The number of H-pyrrole nitrogens is 1. The molecule has 0 saturated carbocycles. The molecule has 0 aliphatic heterocycles. The average molecular weight is 403 g/mol. The van der Waals surface area contributed by atoms with Crippen molar-refractivity contribution in [3.05, 3.63) is 111 Å². The molecule has 1 amide bonds. The maximum atomic E-state index is 12.9. The minimum Gasteiger partial charge on any atom is -0.360 e. The van der Waals surface area contributed by atoms with Gasteiger partial charge in [-0.1, -0.05) is 54.1 Å². The first kappa shape index (κ1) is 18.7. The molecule has 3 aromatic carbocycles. The number of amides is 1. The zero-order valence-electron chi connectivity index (χ0n) is 15.1. The average Bonchev–Trinajstić information content (AvgIpc) is 2.75. The Morgan fingerprint density at radius 2 is 1.59 bits per heavy atom. The van der Waals surface area contributed by atoms with Gasteiger partial charge in [0.25, 0.3) is 5.91 Å². The Bertz CT molecular complexity index is 1300. The molecule has 4 rings (SSSR count). The summed E-state index contributed by atoms with van der Waals surface area (Å²) in [6.07, 6.45) is 1.37. The summed E-state index contributed by atoms with van der Waals surface area (Å²) in [6, 6.07) is 20.2. The van der Waals surface area contributed by atoms with Gasteiger partial charge in [-0.15, -0.1) is 0 Å². The predicted molar refractivity (Wildman–Crippen MR) is 114 cm³/mol. The van der Waals surface area contributed by atoms with E-state index in [9.17, 15) is 14.4 Å². The van der Waals surface area contributed by atoms with Crippen molar-refractivity contribution in [1.29, 1.82) is 0 Å². The molecule has 2 N–H and O–H groups in total. The topological polar surface area (TPSA) is 79.0 Å². The lowest BCUT2D eigenvalue weighted by Gasteiger charge is -2.11. The fourth-order valence-electron chi connectivity index (χ4n) is 3.08. The van der Waals surface area contributed by atoms with Crippen molar-refractivity contribution in [2.24, 2.45) is 0 Å². The molecule has 5 nitrogen and oxygen atoms in total. The summed E-state index contributed by atoms with van der Waals surface area (Å²) in [4.78, 5) is 41.3. The van der Waals surface area contributed by atoms with Crippen molar-refractivity contribution in [2.45, 2.75) is 0 Å². The van der Waals surface area contributed by atoms with E-state index < -0.39 is 5.91 Å². The summed E-state index contributed by atoms with van der Waals surface area (Å²) in [5.41, 5.74) is 1.20. The van der Waals surface area contributed by atoms with Gasteiger partial charge in [0.1, 0.15) is 5.56 Å². The lowest BCUT2D eigenvalue weighted by molar-refractivity contribution is 0.102. The van der Waals surface area contributed by atoms with Crippen molar-refractivity contribution in [1.82, 2.24) is 4.98 Å². The number of fused-ring (bicyclic) bond motifs is 1. The predicted octanol–water partition coefficient (Wildman–Crippen LogP) is 4.66. The van der Waals surface area contributed by atoms with E-state index in [1.807, 2.05) is 6.07 Å². The summed E-state index contributed by atoms with van der Waals surface area (Å²) in [6.45, 7) is 0. The number of pyridine rings is 1. The number of para-hydroxylation sites is 1. The molecule has 1 heterocycles. The van der Waals surface area contributed by atoms with Gasteiger partial charge >= 0.3 is 0 Å². The summed E-state index contributed by atoms with van der Waals surface area (Å²) >= 11 is 6.07. The van der Waals surface area contributed by atoms with Crippen LogP contribution in [0.4, 0.5) is 5.69 Å². The summed E-state index contributed by atoms with van der Waals surface area (Å²) in [5, 5.41) is 3.45. The molecule has 29 heavy (non-hydrogen) atoms. The number of hydrogen-bond donors (Lipinski definition) is 2. The van der Waals surface area contributed by atoms with Crippen LogP contribution >= 0.6 is 11.6 Å². The number of benzene rings is 3. The molecule has 0 saturated heterocycles. The quantitative estimate of drug-likeness (QED) is 0.487. The number of aromatic amines is 1. The van der Waals surface area contributed by atoms with Crippen LogP contribution in [0.25, 0.3) is 10.9 Å². The SMILES string of the molecule is O=C(c1ccccc1)c1cc(Cl)ccc1NC(=O)c1c[nH]c2ccccc2c1=O. The minimum absolute atomic E-state index is 0.0447. The molecule has 0 spiro atoms. The van der Waals surface area contributed by atoms with Crippen LogP contribution < -0.4 is 10.7 Å². The van der Waals surface area contributed by atoms with Gasteiger partial charge in [-0.2, -0.15) is 0 Å². The lowest BCUT2D eigenvalue weighted by atomic mass is 10.0. The van der Waals surface area contributed by atoms with Crippen LogP contribution in [0.1, 0.15) is 26.3 Å². The van der Waals surface area contributed by atoms with E-state index in [2.05, 4.69) is 10.3 Å². The van der Waals surface area contributed by atoms with Crippen molar-refractivity contribution in [3.63, 3.8) is 0 Å². The third kappa shape index (κ3) is 3.68. The number of anilines is 1. The highest BCUT2D eigenvalue weighted by molar-refractivity contribution is 6.31. The van der Waals surface area contributed by atoms with Gasteiger partial charge in [-0.05, 0) is 30.3 Å². The fraction of sp³-hybridized carbons (Fsp3) is 0. The van der Waals surface area contributed by atoms with Gasteiger partial charge in [0, 0.05) is 33.2 Å². The van der Waals surface area contributed by atoms with Gasteiger partial charge in [0.15, 0.2) is 5.78 Å². The van der Waals surface area contributed by atoms with E-state index >= 15 is 0 Å². The minimum atomic E-state index is -0.610. The fourth-order valence-corrected chi connectivity index (χ4v) is 3.26. The number of hydrogen-bond acceptors (Lipinski definition) is 3. The Balaban J connectivity index is 1.72. The standard InChI is InChI=1S/C23H15ClN2O3/c24-15-10-11-20(17(12-15)21(27)14-6-2-1-3-7-14)26-23(29)18-13-25-19-9-5-4-8-16(19)22(18)28/h1-13H,(H,25,28)(H,26,29). The number of aromatic nitrogens is 1. The largest absolute Gasteiger partial charge is 0.360 e. The normalized spacial score (nSPS) is 10.7. The zero-order valence-corrected chi connectivity index (χ0v) is 15.9. The monoisotopic (exact) mass is 402 g/mol. The van der Waals surface area contributed by atoms with Crippen molar-refractivity contribution in [2.75, 3.05) is 5.32 Å². The van der Waals surface area contributed by atoms with Crippen LogP contribution in [-0.2, 0) is 0 Å². The lowest BCUT2D eigenvalue weighted by Crippen LogP contribution is -2.23. The van der Waals surface area contributed by atoms with Gasteiger partial charge in [-0.3, -0.25) is 14.4 Å². The Hall–Kier alpha value is -3.70. The number of nitrogens with one attached hydrogen (secondary N) is 2. The Morgan fingerprint density at radius 1 is 0.862 bits per heavy atom. The Kier molecular flexibility index (Phi) is 4.97. The van der Waals surface area contributed by atoms with Gasteiger partial charge in [0.2, 0.25) is 5.43 Å². The van der Waals surface area contributed by atoms with Crippen molar-refractivity contribution >= 4 is 39.9 Å². The molecule has 6 heteroatoms. The van der Waals surface area contributed by atoms with Crippen molar-refractivity contribution < 1.29 is 9.59 Å². The maximum absolute atomic E-state index is 12.9. The second-order valence-electron chi connectivity index (χ2n) is 6.42. The molecule has 0 aliphatic carbocycles. The van der Waals surface area contributed by atoms with Crippen LogP contribution in [0.3, 0.4) is 0 Å². The Morgan fingerprint density at radius 3 is 2.38 bits per heavy atom. The maximum Gasteiger partial charge on any atom is 0.261 e. The summed E-state index contributed by atoms with van der Waals surface area (Å²) in [5.74, 6) is -0.891.